The summed E-state index contributed by atoms with van der Waals surface area (Å²) in [5, 5.41) is 29.9. The maximum atomic E-state index is 13.4. The second kappa shape index (κ2) is 8.06. The highest BCUT2D eigenvalue weighted by Crippen LogP contribution is 2.26. The molecule has 7 heteroatoms. The van der Waals surface area contributed by atoms with Crippen LogP contribution in [0, 0.1) is 17.1 Å². The van der Waals surface area contributed by atoms with Gasteiger partial charge in [0.25, 0.3) is 5.91 Å². The van der Waals surface area contributed by atoms with Crippen LogP contribution in [-0.4, -0.2) is 22.7 Å². The number of hydrogen-bond acceptors (Lipinski definition) is 5. The Kier molecular flexibility index (Phi) is 5.84. The van der Waals surface area contributed by atoms with Gasteiger partial charge in [0.2, 0.25) is 0 Å². The van der Waals surface area contributed by atoms with E-state index in [9.17, 15) is 19.4 Å². The topological polar surface area (TPSA) is 103 Å². The summed E-state index contributed by atoms with van der Waals surface area (Å²) in [6.07, 6.45) is 0. The molecular formula is C17H15FN2O4. The minimum Gasteiger partial charge on any atom is -0.483 e. The molecule has 0 aliphatic carbocycles. The Balaban J connectivity index is 2.07. The maximum absolute atomic E-state index is 13.4. The molecule has 0 heterocycles. The molecule has 3 N–H and O–H groups in total. The molecule has 24 heavy (non-hydrogen) atoms. The molecule has 0 unspecified atom stereocenters. The van der Waals surface area contributed by atoms with E-state index in [1.807, 2.05) is 6.07 Å². The number of anilines is 1. The summed E-state index contributed by atoms with van der Waals surface area (Å²) >= 11 is 0. The number of ether oxygens (including phenoxy) is 1. The van der Waals surface area contributed by atoms with Crippen LogP contribution in [0.15, 0.2) is 36.4 Å². The minimum atomic E-state index is -0.617. The minimum absolute atomic E-state index is 0.0716. The highest BCUT2D eigenvalue weighted by molar-refractivity contribution is 5.92. The zero-order valence-electron chi connectivity index (χ0n) is 12.6. The van der Waals surface area contributed by atoms with Gasteiger partial charge in [0.15, 0.2) is 6.61 Å². The third kappa shape index (κ3) is 4.29. The maximum Gasteiger partial charge on any atom is 0.262 e. The van der Waals surface area contributed by atoms with Gasteiger partial charge in [0, 0.05) is 16.8 Å². The van der Waals surface area contributed by atoms with E-state index in [0.717, 1.165) is 12.1 Å². The van der Waals surface area contributed by atoms with Crippen LogP contribution in [0.25, 0.3) is 0 Å². The Morgan fingerprint density at radius 1 is 1.21 bits per heavy atom. The molecule has 6 nitrogen and oxygen atoms in total. The van der Waals surface area contributed by atoms with E-state index in [2.05, 4.69) is 5.32 Å². The molecule has 0 aliphatic rings. The van der Waals surface area contributed by atoms with E-state index in [1.165, 1.54) is 6.07 Å². The van der Waals surface area contributed by atoms with Crippen LogP contribution in [0.5, 0.6) is 5.75 Å². The lowest BCUT2D eigenvalue weighted by Gasteiger charge is -2.14. The zero-order valence-corrected chi connectivity index (χ0v) is 12.6. The van der Waals surface area contributed by atoms with Gasteiger partial charge in [-0.1, -0.05) is 6.07 Å². The summed E-state index contributed by atoms with van der Waals surface area (Å²) in [4.78, 5) is 11.9. The number of aliphatic hydroxyl groups excluding tert-OH is 2. The van der Waals surface area contributed by atoms with Crippen molar-refractivity contribution in [3.63, 3.8) is 0 Å². The van der Waals surface area contributed by atoms with E-state index in [-0.39, 0.29) is 16.9 Å². The van der Waals surface area contributed by atoms with Gasteiger partial charge >= 0.3 is 0 Å². The number of hydrogen-bond donors (Lipinski definition) is 3. The highest BCUT2D eigenvalue weighted by Gasteiger charge is 2.13. The number of rotatable bonds is 6. The van der Waals surface area contributed by atoms with Crippen LogP contribution in [0.3, 0.4) is 0 Å². The van der Waals surface area contributed by atoms with Gasteiger partial charge in [0.05, 0.1) is 24.8 Å². The van der Waals surface area contributed by atoms with Crippen molar-refractivity contribution in [2.24, 2.45) is 0 Å². The Hall–Kier alpha value is -2.95. The van der Waals surface area contributed by atoms with Crippen LogP contribution >= 0.6 is 0 Å². The van der Waals surface area contributed by atoms with Crippen molar-refractivity contribution in [2.75, 3.05) is 11.9 Å². The summed E-state index contributed by atoms with van der Waals surface area (Å²) in [6.45, 7) is -1.39. The van der Waals surface area contributed by atoms with Crippen molar-refractivity contribution in [1.29, 1.82) is 5.26 Å². The lowest BCUT2D eigenvalue weighted by Crippen LogP contribution is -2.21. The number of benzene rings is 2. The first-order valence-corrected chi connectivity index (χ1v) is 7.03. The predicted molar refractivity (Wildman–Crippen MR) is 83.5 cm³/mol. The fourth-order valence-electron chi connectivity index (χ4n) is 2.13. The number of nitrogens with one attached hydrogen (secondary N) is 1. The summed E-state index contributed by atoms with van der Waals surface area (Å²) in [7, 11) is 0. The standard InChI is InChI=1S/C17H15FN2O4/c18-14-5-12(8-21)17(13(6-14)9-22)24-10-16(23)20-15-3-1-2-11(4-15)7-19/h1-6,21-22H,8-10H2,(H,20,23). The number of halogens is 1. The van der Waals surface area contributed by atoms with Gasteiger partial charge in [-0.3, -0.25) is 4.79 Å². The lowest BCUT2D eigenvalue weighted by molar-refractivity contribution is -0.118. The van der Waals surface area contributed by atoms with Crippen molar-refractivity contribution in [3.8, 4) is 11.8 Å². The largest absolute Gasteiger partial charge is 0.483 e. The summed E-state index contributed by atoms with van der Waals surface area (Å²) in [5.41, 5.74) is 1.11. The second-order valence-electron chi connectivity index (χ2n) is 4.90. The van der Waals surface area contributed by atoms with Gasteiger partial charge in [-0.2, -0.15) is 5.26 Å². The van der Waals surface area contributed by atoms with Gasteiger partial charge < -0.3 is 20.3 Å². The molecule has 0 aromatic heterocycles. The van der Waals surface area contributed by atoms with E-state index in [0.29, 0.717) is 11.3 Å². The third-order valence-corrected chi connectivity index (χ3v) is 3.17. The number of carbonyl (C=O) groups is 1. The Labute approximate surface area is 137 Å². The van der Waals surface area contributed by atoms with E-state index < -0.39 is 31.5 Å². The molecule has 0 bridgehead atoms. The van der Waals surface area contributed by atoms with Crippen LogP contribution in [0.4, 0.5) is 10.1 Å². The molecule has 0 aliphatic heterocycles. The first-order chi connectivity index (χ1) is 11.6. The average Bonchev–Trinajstić information content (AvgIpc) is 2.59. The summed E-state index contributed by atoms with van der Waals surface area (Å²) < 4.78 is 18.7. The predicted octanol–water partition coefficient (Wildman–Crippen LogP) is 1.70. The molecule has 0 saturated heterocycles. The van der Waals surface area contributed by atoms with Gasteiger partial charge in [0.1, 0.15) is 11.6 Å². The Bertz CT molecular complexity index is 761. The smallest absolute Gasteiger partial charge is 0.262 e. The first-order valence-electron chi connectivity index (χ1n) is 7.03. The van der Waals surface area contributed by atoms with E-state index in [4.69, 9.17) is 10.00 Å². The van der Waals surface area contributed by atoms with Crippen molar-refractivity contribution in [2.45, 2.75) is 13.2 Å². The number of nitriles is 1. The second-order valence-corrected chi connectivity index (χ2v) is 4.90. The molecule has 2 aromatic rings. The fraction of sp³-hybridized carbons (Fsp3) is 0.176. The monoisotopic (exact) mass is 330 g/mol. The molecule has 124 valence electrons. The van der Waals surface area contributed by atoms with Crippen LogP contribution in [-0.2, 0) is 18.0 Å². The number of carbonyl (C=O) groups excluding carboxylic acids is 1. The molecule has 0 atom stereocenters. The lowest BCUT2D eigenvalue weighted by atomic mass is 10.1. The molecule has 0 radical (unpaired) electrons. The number of nitrogens with zero attached hydrogens (tertiary/aromatic N) is 1. The molecule has 0 fully saturated rings. The quantitative estimate of drug-likeness (QED) is 0.748. The molecule has 2 rings (SSSR count). The number of aliphatic hydroxyl groups is 2. The SMILES string of the molecule is N#Cc1cccc(NC(=O)COc2c(CO)cc(F)cc2CO)c1. The fourth-order valence-corrected chi connectivity index (χ4v) is 2.13. The Morgan fingerprint density at radius 3 is 2.46 bits per heavy atom. The van der Waals surface area contributed by atoms with Crippen molar-refractivity contribution in [3.05, 3.63) is 58.9 Å². The molecule has 1 amide bonds. The summed E-state index contributed by atoms with van der Waals surface area (Å²) in [5.74, 6) is -1.04. The molecule has 0 spiro atoms. The van der Waals surface area contributed by atoms with Crippen molar-refractivity contribution < 1.29 is 24.1 Å². The normalized spacial score (nSPS) is 10.1. The van der Waals surface area contributed by atoms with Gasteiger partial charge in [-0.05, 0) is 30.3 Å². The van der Waals surface area contributed by atoms with Crippen LogP contribution in [0.2, 0.25) is 0 Å². The first kappa shape index (κ1) is 17.4. The van der Waals surface area contributed by atoms with Crippen molar-refractivity contribution >= 4 is 11.6 Å². The number of amides is 1. The van der Waals surface area contributed by atoms with E-state index >= 15 is 0 Å². The van der Waals surface area contributed by atoms with Crippen LogP contribution < -0.4 is 10.1 Å². The molecular weight excluding hydrogens is 315 g/mol. The van der Waals surface area contributed by atoms with E-state index in [1.54, 1.807) is 18.2 Å². The average molecular weight is 330 g/mol. The van der Waals surface area contributed by atoms with Gasteiger partial charge in [-0.25, -0.2) is 4.39 Å². The Morgan fingerprint density at radius 2 is 1.88 bits per heavy atom. The summed E-state index contributed by atoms with van der Waals surface area (Å²) in [6, 6.07) is 10.5. The van der Waals surface area contributed by atoms with Crippen molar-refractivity contribution in [1.82, 2.24) is 0 Å². The zero-order chi connectivity index (χ0) is 17.5. The molecule has 2 aromatic carbocycles. The third-order valence-electron chi connectivity index (χ3n) is 3.17. The highest BCUT2D eigenvalue weighted by atomic mass is 19.1. The molecule has 0 saturated carbocycles. The van der Waals surface area contributed by atoms with Crippen LogP contribution in [0.1, 0.15) is 16.7 Å². The van der Waals surface area contributed by atoms with Gasteiger partial charge in [-0.15, -0.1) is 0 Å².